The first kappa shape index (κ1) is 15.2. The maximum atomic E-state index is 5.51. The summed E-state index contributed by atoms with van der Waals surface area (Å²) < 4.78 is 7.60. The molecule has 4 heteroatoms. The minimum absolute atomic E-state index is 0.770. The lowest BCUT2D eigenvalue weighted by atomic mass is 10.2. The van der Waals surface area contributed by atoms with Gasteiger partial charge in [0, 0.05) is 18.3 Å². The maximum absolute atomic E-state index is 5.51. The molecular weight excluding hydrogens is 298 g/mol. The van der Waals surface area contributed by atoms with Crippen LogP contribution in [0, 0.1) is 6.92 Å². The number of fused-ring (bicyclic) bond motifs is 1. The van der Waals surface area contributed by atoms with Gasteiger partial charge in [-0.25, -0.2) is 4.68 Å². The van der Waals surface area contributed by atoms with E-state index in [1.165, 1.54) is 16.1 Å². The molecule has 124 valence electrons. The molecule has 0 N–H and O–H groups in total. The summed E-state index contributed by atoms with van der Waals surface area (Å²) in [6.45, 7) is 5.45. The number of hydrogen-bond donors (Lipinski definition) is 0. The molecule has 0 bridgehead atoms. The van der Waals surface area contributed by atoms with E-state index in [9.17, 15) is 0 Å². The number of anilines is 1. The summed E-state index contributed by atoms with van der Waals surface area (Å²) in [5.74, 6) is 1.07. The predicted octanol–water partition coefficient (Wildman–Crippen LogP) is 1.93. The van der Waals surface area contributed by atoms with E-state index >= 15 is 0 Å². The van der Waals surface area contributed by atoms with Crippen LogP contribution >= 0.6 is 0 Å². The van der Waals surface area contributed by atoms with Crippen LogP contribution in [0.25, 0.3) is 17.8 Å². The largest absolute Gasteiger partial charge is 0.378 e. The fourth-order valence-corrected chi connectivity index (χ4v) is 3.26. The highest BCUT2D eigenvalue weighted by atomic mass is 16.5. The summed E-state index contributed by atoms with van der Waals surface area (Å²) in [7, 11) is 0. The zero-order valence-electron chi connectivity index (χ0n) is 14.1. The molecule has 2 heterocycles. The molecule has 1 aromatic heterocycles. The molecule has 0 spiro atoms. The molecule has 2 aliphatic rings. The molecular formula is C20H23N3O. The van der Waals surface area contributed by atoms with E-state index in [1.807, 2.05) is 0 Å². The Hall–Kier alpha value is -2.33. The minimum Gasteiger partial charge on any atom is -0.378 e. The quantitative estimate of drug-likeness (QED) is 0.847. The van der Waals surface area contributed by atoms with Gasteiger partial charge in [-0.3, -0.25) is 0 Å². The van der Waals surface area contributed by atoms with Crippen LogP contribution in [0.1, 0.15) is 18.4 Å². The topological polar surface area (TPSA) is 30.3 Å². The van der Waals surface area contributed by atoms with Gasteiger partial charge in [0.25, 0.3) is 0 Å². The molecule has 1 aliphatic carbocycles. The van der Waals surface area contributed by atoms with Gasteiger partial charge in [-0.15, -0.1) is 5.10 Å². The number of allylic oxidation sites excluding steroid dienone is 2. The zero-order valence-corrected chi connectivity index (χ0v) is 14.1. The van der Waals surface area contributed by atoms with Crippen molar-refractivity contribution in [2.75, 3.05) is 31.2 Å². The second-order valence-electron chi connectivity index (χ2n) is 6.35. The van der Waals surface area contributed by atoms with Gasteiger partial charge in [-0.05, 0) is 38.0 Å². The molecule has 1 aromatic carbocycles. The Morgan fingerprint density at radius 2 is 1.83 bits per heavy atom. The molecule has 0 saturated carbocycles. The van der Waals surface area contributed by atoms with Crippen LogP contribution in [0.2, 0.25) is 0 Å². The predicted molar refractivity (Wildman–Crippen MR) is 97.9 cm³/mol. The number of benzene rings is 1. The van der Waals surface area contributed by atoms with Crippen molar-refractivity contribution < 1.29 is 4.74 Å². The first-order valence-corrected chi connectivity index (χ1v) is 8.69. The third kappa shape index (κ3) is 2.89. The van der Waals surface area contributed by atoms with E-state index in [0.29, 0.717) is 0 Å². The monoisotopic (exact) mass is 321 g/mol. The summed E-state index contributed by atoms with van der Waals surface area (Å²) in [5.41, 5.74) is 2.38. The summed E-state index contributed by atoms with van der Waals surface area (Å²) in [5, 5.41) is 7.40. The second-order valence-corrected chi connectivity index (χ2v) is 6.35. The van der Waals surface area contributed by atoms with Gasteiger partial charge in [0.1, 0.15) is 0 Å². The highest BCUT2D eigenvalue weighted by Crippen LogP contribution is 2.11. The van der Waals surface area contributed by atoms with Crippen LogP contribution in [0.15, 0.2) is 36.4 Å². The molecule has 2 aromatic rings. The maximum Gasteiger partial charge on any atom is 0.159 e. The molecule has 24 heavy (non-hydrogen) atoms. The summed E-state index contributed by atoms with van der Waals surface area (Å²) in [6.07, 6.45) is 11.0. The van der Waals surface area contributed by atoms with Crippen molar-refractivity contribution in [3.8, 4) is 5.69 Å². The molecule has 0 unspecified atom stereocenters. The molecule has 0 radical (unpaired) electrons. The Kier molecular flexibility index (Phi) is 4.22. The van der Waals surface area contributed by atoms with Gasteiger partial charge >= 0.3 is 0 Å². The van der Waals surface area contributed by atoms with Crippen molar-refractivity contribution in [3.63, 3.8) is 0 Å². The molecule has 1 aliphatic heterocycles. The first-order valence-electron chi connectivity index (χ1n) is 8.69. The van der Waals surface area contributed by atoms with Crippen LogP contribution in [-0.2, 0) is 4.74 Å². The van der Waals surface area contributed by atoms with Crippen LogP contribution in [0.4, 0.5) is 5.82 Å². The van der Waals surface area contributed by atoms with Crippen molar-refractivity contribution in [3.05, 3.63) is 52.5 Å². The van der Waals surface area contributed by atoms with Gasteiger partial charge in [0.15, 0.2) is 5.82 Å². The Morgan fingerprint density at radius 1 is 1.04 bits per heavy atom. The third-order valence-electron chi connectivity index (χ3n) is 4.60. The normalized spacial score (nSPS) is 21.6. The lowest BCUT2D eigenvalue weighted by Crippen LogP contribution is -2.40. The fraction of sp³-hybridized carbons (Fsp3) is 0.350. The smallest absolute Gasteiger partial charge is 0.159 e. The zero-order chi connectivity index (χ0) is 16.4. The van der Waals surface area contributed by atoms with Crippen LogP contribution < -0.4 is 15.5 Å². The number of aromatic nitrogens is 2. The van der Waals surface area contributed by atoms with Crippen molar-refractivity contribution in [2.24, 2.45) is 0 Å². The van der Waals surface area contributed by atoms with E-state index in [2.05, 4.69) is 65.1 Å². The van der Waals surface area contributed by atoms with E-state index in [0.717, 1.165) is 50.7 Å². The summed E-state index contributed by atoms with van der Waals surface area (Å²) in [4.78, 5) is 2.34. The standard InChI is InChI=1S/C20H23N3O/c1-16-8-10-17(11-9-16)23-19-7-5-3-2-4-6-18(19)20(21-23)22-12-14-24-15-13-22/h2,4,6-11H,3,5,12-15H2,1H3/b4-2-,18-6+,19-7+. The number of morpholine rings is 1. The molecule has 0 amide bonds. The molecule has 1 fully saturated rings. The minimum atomic E-state index is 0.770. The van der Waals surface area contributed by atoms with Gasteiger partial charge in [-0.2, -0.15) is 0 Å². The van der Waals surface area contributed by atoms with Gasteiger partial charge in [0.05, 0.1) is 24.3 Å². The Balaban J connectivity index is 1.91. The lowest BCUT2D eigenvalue weighted by molar-refractivity contribution is 0.122. The highest BCUT2D eigenvalue weighted by Gasteiger charge is 2.18. The van der Waals surface area contributed by atoms with Crippen molar-refractivity contribution in [2.45, 2.75) is 19.8 Å². The van der Waals surface area contributed by atoms with E-state index in [4.69, 9.17) is 9.84 Å². The summed E-state index contributed by atoms with van der Waals surface area (Å²) in [6, 6.07) is 8.58. The van der Waals surface area contributed by atoms with Gasteiger partial charge in [-0.1, -0.05) is 35.9 Å². The second kappa shape index (κ2) is 6.65. The van der Waals surface area contributed by atoms with Gasteiger partial charge < -0.3 is 9.64 Å². The Labute approximate surface area is 142 Å². The number of ether oxygens (including phenoxy) is 1. The highest BCUT2D eigenvalue weighted by molar-refractivity contribution is 5.53. The molecule has 1 saturated heterocycles. The fourth-order valence-electron chi connectivity index (χ4n) is 3.26. The molecule has 4 rings (SSSR count). The van der Waals surface area contributed by atoms with Crippen LogP contribution in [0.5, 0.6) is 0 Å². The third-order valence-corrected chi connectivity index (χ3v) is 4.60. The first-order chi connectivity index (χ1) is 11.8. The summed E-state index contributed by atoms with van der Waals surface area (Å²) >= 11 is 0. The van der Waals surface area contributed by atoms with Crippen molar-refractivity contribution in [1.29, 1.82) is 0 Å². The number of nitrogens with zero attached hydrogens (tertiary/aromatic N) is 3. The average molecular weight is 321 g/mol. The number of hydrogen-bond acceptors (Lipinski definition) is 3. The van der Waals surface area contributed by atoms with Crippen LogP contribution in [0.3, 0.4) is 0 Å². The number of aryl methyl sites for hydroxylation is 1. The van der Waals surface area contributed by atoms with Crippen molar-refractivity contribution >= 4 is 18.0 Å². The van der Waals surface area contributed by atoms with Gasteiger partial charge in [0.2, 0.25) is 0 Å². The molecule has 4 nitrogen and oxygen atoms in total. The molecule has 0 atom stereocenters. The lowest BCUT2D eigenvalue weighted by Gasteiger charge is -2.26. The van der Waals surface area contributed by atoms with E-state index in [-0.39, 0.29) is 0 Å². The Bertz CT molecular complexity index is 856. The average Bonchev–Trinajstić information content (AvgIpc) is 2.93. The SMILES string of the molecule is Cc1ccc(-n2nc(N3CCOCC3)c3/c2=C\CC/C=C\C=3)cc1. The van der Waals surface area contributed by atoms with E-state index in [1.54, 1.807) is 0 Å². The van der Waals surface area contributed by atoms with Crippen LogP contribution in [-0.4, -0.2) is 36.1 Å². The Morgan fingerprint density at radius 3 is 2.62 bits per heavy atom. The number of rotatable bonds is 2. The van der Waals surface area contributed by atoms with E-state index < -0.39 is 0 Å². The van der Waals surface area contributed by atoms with Crippen molar-refractivity contribution in [1.82, 2.24) is 9.78 Å².